The second-order valence-electron chi connectivity index (χ2n) is 7.34. The van der Waals surface area contributed by atoms with Gasteiger partial charge in [-0.3, -0.25) is 4.79 Å². The first-order chi connectivity index (χ1) is 17.1. The number of benzene rings is 3. The van der Waals surface area contributed by atoms with Crippen molar-refractivity contribution < 1.29 is 23.8 Å². The molecule has 9 heteroatoms. The van der Waals surface area contributed by atoms with Crippen LogP contribution in [0.1, 0.15) is 18.1 Å². The highest BCUT2D eigenvalue weighted by Gasteiger charge is 2.11. The van der Waals surface area contributed by atoms with Gasteiger partial charge in [-0.1, -0.05) is 42.5 Å². The maximum Gasteiger partial charge on any atom is 0.331 e. The third-order valence-corrected chi connectivity index (χ3v) is 5.36. The van der Waals surface area contributed by atoms with Crippen molar-refractivity contribution >= 4 is 46.4 Å². The number of fused-ring (bicyclic) bond motifs is 1. The van der Waals surface area contributed by atoms with E-state index < -0.39 is 18.5 Å². The summed E-state index contributed by atoms with van der Waals surface area (Å²) in [5.41, 5.74) is 3.58. The lowest BCUT2D eigenvalue weighted by molar-refractivity contribution is -0.142. The summed E-state index contributed by atoms with van der Waals surface area (Å²) in [6.07, 6.45) is 2.85. The van der Waals surface area contributed by atoms with E-state index in [-0.39, 0.29) is 0 Å². The van der Waals surface area contributed by atoms with Gasteiger partial charge in [-0.05, 0) is 48.4 Å². The lowest BCUT2D eigenvalue weighted by atomic mass is 10.2. The van der Waals surface area contributed by atoms with Crippen molar-refractivity contribution in [1.82, 2.24) is 8.75 Å². The average Bonchev–Trinajstić information content (AvgIpc) is 3.36. The zero-order valence-corrected chi connectivity index (χ0v) is 19.8. The van der Waals surface area contributed by atoms with E-state index in [2.05, 4.69) is 14.1 Å². The summed E-state index contributed by atoms with van der Waals surface area (Å²) in [5, 5.41) is 2.69. The van der Waals surface area contributed by atoms with Crippen LogP contribution in [-0.2, 0) is 20.9 Å². The Morgan fingerprint density at radius 1 is 0.971 bits per heavy atom. The molecular formula is C26H23N3O5S. The average molecular weight is 490 g/mol. The Morgan fingerprint density at radius 2 is 1.83 bits per heavy atom. The molecule has 0 radical (unpaired) electrons. The molecular weight excluding hydrogens is 466 g/mol. The van der Waals surface area contributed by atoms with Gasteiger partial charge < -0.3 is 19.5 Å². The first kappa shape index (κ1) is 23.9. The van der Waals surface area contributed by atoms with E-state index in [1.54, 1.807) is 36.4 Å². The molecule has 8 nitrogen and oxygen atoms in total. The summed E-state index contributed by atoms with van der Waals surface area (Å²) < 4.78 is 24.9. The summed E-state index contributed by atoms with van der Waals surface area (Å²) in [5.74, 6) is 0.0725. The largest absolute Gasteiger partial charge is 0.490 e. The smallest absolute Gasteiger partial charge is 0.331 e. The Bertz CT molecular complexity index is 1340. The van der Waals surface area contributed by atoms with Crippen LogP contribution in [-0.4, -0.2) is 33.8 Å². The molecule has 3 aromatic carbocycles. The topological polar surface area (TPSA) is 99.6 Å². The number of anilines is 1. The van der Waals surface area contributed by atoms with Gasteiger partial charge in [0.25, 0.3) is 5.91 Å². The number of esters is 1. The van der Waals surface area contributed by atoms with Crippen molar-refractivity contribution in [1.29, 1.82) is 0 Å². The highest BCUT2D eigenvalue weighted by molar-refractivity contribution is 7.00. The molecule has 0 fully saturated rings. The van der Waals surface area contributed by atoms with Crippen molar-refractivity contribution in [2.75, 3.05) is 18.5 Å². The van der Waals surface area contributed by atoms with Crippen LogP contribution in [0.5, 0.6) is 11.5 Å². The summed E-state index contributed by atoms with van der Waals surface area (Å²) in [4.78, 5) is 24.3. The van der Waals surface area contributed by atoms with Crippen LogP contribution in [0.2, 0.25) is 0 Å². The van der Waals surface area contributed by atoms with Gasteiger partial charge in [-0.15, -0.1) is 0 Å². The molecule has 178 valence electrons. The van der Waals surface area contributed by atoms with Crippen LogP contribution in [0.25, 0.3) is 17.1 Å². The Balaban J connectivity index is 1.31. The second kappa shape index (κ2) is 11.8. The van der Waals surface area contributed by atoms with Crippen molar-refractivity contribution in [3.05, 3.63) is 83.9 Å². The monoisotopic (exact) mass is 489 g/mol. The molecule has 0 spiro atoms. The predicted octanol–water partition coefficient (Wildman–Crippen LogP) is 4.86. The molecule has 0 unspecified atom stereocenters. The molecule has 4 aromatic rings. The fourth-order valence-corrected chi connectivity index (χ4v) is 3.74. The number of nitrogens with one attached hydrogen (secondary N) is 1. The van der Waals surface area contributed by atoms with E-state index in [0.717, 1.165) is 22.9 Å². The van der Waals surface area contributed by atoms with E-state index in [1.165, 1.54) is 6.08 Å². The number of carbonyl (C=O) groups is 2. The van der Waals surface area contributed by atoms with Crippen molar-refractivity contribution in [2.24, 2.45) is 0 Å². The Morgan fingerprint density at radius 3 is 2.66 bits per heavy atom. The molecule has 4 rings (SSSR count). The minimum Gasteiger partial charge on any atom is -0.490 e. The van der Waals surface area contributed by atoms with Gasteiger partial charge in [0.2, 0.25) is 0 Å². The van der Waals surface area contributed by atoms with Crippen LogP contribution < -0.4 is 14.8 Å². The molecule has 0 aliphatic heterocycles. The van der Waals surface area contributed by atoms with Crippen LogP contribution in [0.15, 0.2) is 72.8 Å². The van der Waals surface area contributed by atoms with Gasteiger partial charge in [0.05, 0.1) is 24.0 Å². The van der Waals surface area contributed by atoms with Gasteiger partial charge in [-0.2, -0.15) is 8.75 Å². The Labute approximate surface area is 206 Å². The number of ether oxygens (including phenoxy) is 3. The first-order valence-electron chi connectivity index (χ1n) is 10.9. The van der Waals surface area contributed by atoms with Crippen molar-refractivity contribution in [3.8, 4) is 11.5 Å². The Hall–Kier alpha value is -4.24. The van der Waals surface area contributed by atoms with Gasteiger partial charge >= 0.3 is 5.97 Å². The molecule has 1 amide bonds. The normalized spacial score (nSPS) is 10.9. The van der Waals surface area contributed by atoms with Gasteiger partial charge in [0.15, 0.2) is 18.1 Å². The molecule has 35 heavy (non-hydrogen) atoms. The number of aromatic nitrogens is 2. The van der Waals surface area contributed by atoms with Gasteiger partial charge in [0, 0.05) is 6.08 Å². The fraction of sp³-hybridized carbons (Fsp3) is 0.154. The van der Waals surface area contributed by atoms with E-state index in [4.69, 9.17) is 14.2 Å². The number of hydrogen-bond acceptors (Lipinski definition) is 8. The van der Waals surface area contributed by atoms with E-state index in [1.807, 2.05) is 43.3 Å². The minimum atomic E-state index is -0.643. The third-order valence-electron chi connectivity index (χ3n) is 4.82. The number of nitrogens with zero attached hydrogens (tertiary/aromatic N) is 2. The molecule has 1 heterocycles. The van der Waals surface area contributed by atoms with E-state index in [9.17, 15) is 9.59 Å². The first-order valence-corrected chi connectivity index (χ1v) is 11.6. The van der Waals surface area contributed by atoms with Crippen LogP contribution >= 0.6 is 11.7 Å². The van der Waals surface area contributed by atoms with Crippen LogP contribution in [0, 0.1) is 0 Å². The summed E-state index contributed by atoms with van der Waals surface area (Å²) in [6.45, 7) is 2.35. The lowest BCUT2D eigenvalue weighted by Crippen LogP contribution is -2.20. The lowest BCUT2D eigenvalue weighted by Gasteiger charge is -2.12. The van der Waals surface area contributed by atoms with Crippen molar-refractivity contribution in [3.63, 3.8) is 0 Å². The number of amides is 1. The zero-order chi connectivity index (χ0) is 24.5. The molecule has 0 saturated carbocycles. The summed E-state index contributed by atoms with van der Waals surface area (Å²) >= 11 is 1.06. The number of rotatable bonds is 10. The SMILES string of the molecule is CCOc1cc(C=CC(=O)OCC(=O)Nc2cccc3nsnc23)ccc1OCc1ccccc1. The van der Waals surface area contributed by atoms with Gasteiger partial charge in [-0.25, -0.2) is 4.79 Å². The molecule has 0 saturated heterocycles. The standard InChI is InChI=1S/C26H23N3O5S/c1-2-32-23-15-18(11-13-22(23)33-16-19-7-4-3-5-8-19)12-14-25(31)34-17-24(30)27-20-9-6-10-21-26(20)29-35-28-21/h3-15H,2,16-17H2,1H3,(H,27,30). The molecule has 0 atom stereocenters. The van der Waals surface area contributed by atoms with Crippen LogP contribution in [0.3, 0.4) is 0 Å². The number of carbonyl (C=O) groups excluding carboxylic acids is 2. The highest BCUT2D eigenvalue weighted by Crippen LogP contribution is 2.30. The molecule has 1 N–H and O–H groups in total. The third kappa shape index (κ3) is 6.64. The molecule has 1 aromatic heterocycles. The Kier molecular flexibility index (Phi) is 8.03. The van der Waals surface area contributed by atoms with E-state index in [0.29, 0.717) is 41.4 Å². The molecule has 0 bridgehead atoms. The minimum absolute atomic E-state index is 0.415. The predicted molar refractivity (Wildman–Crippen MR) is 134 cm³/mol. The highest BCUT2D eigenvalue weighted by atomic mass is 32.1. The summed E-state index contributed by atoms with van der Waals surface area (Å²) in [7, 11) is 0. The maximum atomic E-state index is 12.2. The summed E-state index contributed by atoms with van der Waals surface area (Å²) in [6, 6.07) is 20.5. The maximum absolute atomic E-state index is 12.2. The fourth-order valence-electron chi connectivity index (χ4n) is 3.19. The quantitative estimate of drug-likeness (QED) is 0.251. The zero-order valence-electron chi connectivity index (χ0n) is 19.0. The van der Waals surface area contributed by atoms with E-state index >= 15 is 0 Å². The van der Waals surface area contributed by atoms with Crippen LogP contribution in [0.4, 0.5) is 5.69 Å². The number of hydrogen-bond donors (Lipinski definition) is 1. The molecule has 0 aliphatic rings. The second-order valence-corrected chi connectivity index (χ2v) is 7.87. The molecule has 0 aliphatic carbocycles. The van der Waals surface area contributed by atoms with Crippen molar-refractivity contribution in [2.45, 2.75) is 13.5 Å². The van der Waals surface area contributed by atoms with Gasteiger partial charge in [0.1, 0.15) is 17.6 Å².